The summed E-state index contributed by atoms with van der Waals surface area (Å²) >= 11 is 0. The summed E-state index contributed by atoms with van der Waals surface area (Å²) in [7, 11) is 3.08. The molecule has 1 aromatic rings. The zero-order valence-corrected chi connectivity index (χ0v) is 10.5. The van der Waals surface area contributed by atoms with Gasteiger partial charge in [0.25, 0.3) is 0 Å². The van der Waals surface area contributed by atoms with Gasteiger partial charge in [-0.25, -0.2) is 0 Å². The molecule has 0 spiro atoms. The van der Waals surface area contributed by atoms with Gasteiger partial charge >= 0.3 is 0 Å². The van der Waals surface area contributed by atoms with E-state index in [0.29, 0.717) is 6.42 Å². The fourth-order valence-corrected chi connectivity index (χ4v) is 2.50. The summed E-state index contributed by atoms with van der Waals surface area (Å²) in [5.74, 6) is 0. The molecule has 0 aromatic heterocycles. The first-order valence-corrected chi connectivity index (χ1v) is 6.09. The predicted molar refractivity (Wildman–Crippen MR) is 66.0 cm³/mol. The van der Waals surface area contributed by atoms with Crippen molar-refractivity contribution in [3.63, 3.8) is 0 Å². The number of fused-ring (bicyclic) bond motifs is 1. The van der Waals surface area contributed by atoms with Gasteiger partial charge in [0.05, 0.1) is 0 Å². The summed E-state index contributed by atoms with van der Waals surface area (Å²) < 4.78 is 10.1. The van der Waals surface area contributed by atoms with Gasteiger partial charge in [-0.15, -0.1) is 0 Å². The molecule has 0 aliphatic heterocycles. The quantitative estimate of drug-likeness (QED) is 0.791. The molecule has 1 aliphatic carbocycles. The minimum Gasteiger partial charge on any atom is -0.387 e. The Labute approximate surface area is 102 Å². The molecule has 94 valence electrons. The van der Waals surface area contributed by atoms with Crippen LogP contribution in [0.15, 0.2) is 18.2 Å². The molecular formula is C14H20O3. The minimum absolute atomic E-state index is 0.553. The summed E-state index contributed by atoms with van der Waals surface area (Å²) in [6, 6.07) is 6.47. The molecule has 3 heteroatoms. The largest absolute Gasteiger partial charge is 0.387 e. The molecule has 0 saturated heterocycles. The van der Waals surface area contributed by atoms with Crippen LogP contribution in [-0.4, -0.2) is 31.7 Å². The van der Waals surface area contributed by atoms with E-state index < -0.39 is 12.4 Å². The van der Waals surface area contributed by atoms with E-state index in [4.69, 9.17) is 9.47 Å². The predicted octanol–water partition coefficient (Wildman–Crippen LogP) is 1.70. The van der Waals surface area contributed by atoms with Gasteiger partial charge in [0.1, 0.15) is 6.10 Å². The molecule has 0 bridgehead atoms. The third-order valence-electron chi connectivity index (χ3n) is 3.39. The van der Waals surface area contributed by atoms with Crippen LogP contribution in [0.2, 0.25) is 0 Å². The zero-order valence-electron chi connectivity index (χ0n) is 10.5. The van der Waals surface area contributed by atoms with Crippen molar-refractivity contribution >= 4 is 0 Å². The van der Waals surface area contributed by atoms with E-state index in [1.54, 1.807) is 14.2 Å². The van der Waals surface area contributed by atoms with Crippen LogP contribution in [-0.2, 0) is 28.7 Å². The molecule has 1 N–H and O–H groups in total. The van der Waals surface area contributed by atoms with E-state index >= 15 is 0 Å². The maximum Gasteiger partial charge on any atom is 0.183 e. The molecule has 3 nitrogen and oxygen atoms in total. The SMILES string of the molecule is COC(OC)C(O)Cc1ccc2c(c1)CCC2. The number of ether oxygens (including phenoxy) is 2. The van der Waals surface area contributed by atoms with Crippen molar-refractivity contribution in [3.8, 4) is 0 Å². The van der Waals surface area contributed by atoms with Gasteiger partial charge in [-0.2, -0.15) is 0 Å². The third kappa shape index (κ3) is 2.86. The third-order valence-corrected chi connectivity index (χ3v) is 3.39. The van der Waals surface area contributed by atoms with Crippen LogP contribution in [0.25, 0.3) is 0 Å². The minimum atomic E-state index is -0.621. The highest BCUT2D eigenvalue weighted by Crippen LogP contribution is 2.23. The Morgan fingerprint density at radius 3 is 2.59 bits per heavy atom. The lowest BCUT2D eigenvalue weighted by Gasteiger charge is -2.20. The number of aliphatic hydroxyl groups is 1. The molecule has 0 amide bonds. The second kappa shape index (κ2) is 5.63. The summed E-state index contributed by atoms with van der Waals surface area (Å²) in [4.78, 5) is 0. The summed E-state index contributed by atoms with van der Waals surface area (Å²) in [5.41, 5.74) is 4.04. The molecule has 0 saturated carbocycles. The average Bonchev–Trinajstić information content (AvgIpc) is 2.77. The van der Waals surface area contributed by atoms with Gasteiger partial charge in [-0.1, -0.05) is 18.2 Å². The Balaban J connectivity index is 2.03. The monoisotopic (exact) mass is 236 g/mol. The van der Waals surface area contributed by atoms with Crippen molar-refractivity contribution in [1.29, 1.82) is 0 Å². The normalized spacial score (nSPS) is 16.2. The maximum atomic E-state index is 9.96. The van der Waals surface area contributed by atoms with Gasteiger partial charge in [0.15, 0.2) is 6.29 Å². The summed E-state index contributed by atoms with van der Waals surface area (Å²) in [5, 5.41) is 9.96. The highest BCUT2D eigenvalue weighted by Gasteiger charge is 2.19. The van der Waals surface area contributed by atoms with E-state index in [0.717, 1.165) is 12.0 Å². The number of aryl methyl sites for hydroxylation is 2. The Morgan fingerprint density at radius 1 is 1.18 bits per heavy atom. The van der Waals surface area contributed by atoms with Crippen molar-refractivity contribution in [1.82, 2.24) is 0 Å². The molecular weight excluding hydrogens is 216 g/mol. The lowest BCUT2D eigenvalue weighted by molar-refractivity contribution is -0.163. The highest BCUT2D eigenvalue weighted by atomic mass is 16.7. The molecule has 0 radical (unpaired) electrons. The topological polar surface area (TPSA) is 38.7 Å². The number of benzene rings is 1. The molecule has 17 heavy (non-hydrogen) atoms. The van der Waals surface area contributed by atoms with Crippen LogP contribution in [0.1, 0.15) is 23.1 Å². The van der Waals surface area contributed by atoms with Crippen LogP contribution in [0.4, 0.5) is 0 Å². The lowest BCUT2D eigenvalue weighted by atomic mass is 10.0. The molecule has 1 aliphatic rings. The van der Waals surface area contributed by atoms with Crippen LogP contribution in [0.5, 0.6) is 0 Å². The van der Waals surface area contributed by atoms with E-state index in [9.17, 15) is 5.11 Å². The molecule has 2 rings (SSSR count). The Morgan fingerprint density at radius 2 is 1.88 bits per heavy atom. The number of rotatable bonds is 5. The molecule has 1 atom stereocenters. The fraction of sp³-hybridized carbons (Fsp3) is 0.571. The van der Waals surface area contributed by atoms with E-state index in [1.165, 1.54) is 24.0 Å². The number of hydrogen-bond acceptors (Lipinski definition) is 3. The summed E-state index contributed by atoms with van der Waals surface area (Å²) in [6.07, 6.45) is 3.00. The number of hydrogen-bond donors (Lipinski definition) is 1. The van der Waals surface area contributed by atoms with Gasteiger partial charge in [-0.05, 0) is 36.0 Å². The fourth-order valence-electron chi connectivity index (χ4n) is 2.50. The van der Waals surface area contributed by atoms with E-state index in [-0.39, 0.29) is 0 Å². The van der Waals surface area contributed by atoms with E-state index in [2.05, 4.69) is 18.2 Å². The first kappa shape index (κ1) is 12.6. The van der Waals surface area contributed by atoms with Crippen LogP contribution in [0, 0.1) is 0 Å². The maximum absolute atomic E-state index is 9.96. The van der Waals surface area contributed by atoms with Gasteiger partial charge in [0.2, 0.25) is 0 Å². The van der Waals surface area contributed by atoms with Crippen LogP contribution in [0.3, 0.4) is 0 Å². The Hall–Kier alpha value is -0.900. The van der Waals surface area contributed by atoms with Crippen molar-refractivity contribution in [2.75, 3.05) is 14.2 Å². The van der Waals surface area contributed by atoms with Gasteiger partial charge in [0, 0.05) is 20.6 Å². The summed E-state index contributed by atoms with van der Waals surface area (Å²) in [6.45, 7) is 0. The van der Waals surface area contributed by atoms with Crippen molar-refractivity contribution in [2.24, 2.45) is 0 Å². The highest BCUT2D eigenvalue weighted by molar-refractivity contribution is 5.35. The standard InChI is InChI=1S/C14H20O3/c1-16-14(17-2)13(15)9-10-6-7-11-4-3-5-12(11)8-10/h6-8,13-15H,3-5,9H2,1-2H3. The van der Waals surface area contributed by atoms with Crippen LogP contribution >= 0.6 is 0 Å². The van der Waals surface area contributed by atoms with Gasteiger partial charge < -0.3 is 14.6 Å². The first-order valence-electron chi connectivity index (χ1n) is 6.09. The van der Waals surface area contributed by atoms with E-state index in [1.807, 2.05) is 0 Å². The molecule has 0 fully saturated rings. The van der Waals surface area contributed by atoms with Gasteiger partial charge in [-0.3, -0.25) is 0 Å². The zero-order chi connectivity index (χ0) is 12.3. The number of aliphatic hydroxyl groups excluding tert-OH is 1. The lowest BCUT2D eigenvalue weighted by Crippen LogP contribution is -2.31. The average molecular weight is 236 g/mol. The Kier molecular flexibility index (Phi) is 4.15. The number of methoxy groups -OCH3 is 2. The second-order valence-corrected chi connectivity index (χ2v) is 4.57. The molecule has 0 heterocycles. The molecule has 1 unspecified atom stereocenters. The van der Waals surface area contributed by atoms with Crippen molar-refractivity contribution < 1.29 is 14.6 Å². The van der Waals surface area contributed by atoms with Crippen molar-refractivity contribution in [2.45, 2.75) is 38.1 Å². The smallest absolute Gasteiger partial charge is 0.183 e. The van der Waals surface area contributed by atoms with Crippen molar-refractivity contribution in [3.05, 3.63) is 34.9 Å². The second-order valence-electron chi connectivity index (χ2n) is 4.57. The Bertz CT molecular complexity index is 372. The van der Waals surface area contributed by atoms with Crippen LogP contribution < -0.4 is 0 Å². The first-order chi connectivity index (χ1) is 8.24. The molecule has 1 aromatic carbocycles.